The van der Waals surface area contributed by atoms with Gasteiger partial charge in [0.05, 0.1) is 10.6 Å². The standard InChI is InChI=1S/C19H20ClF4N3O/c1-11(9-27-18(25-2)19(22,23)24)13(8-12-6-7-12)10-26-17(28)14-4-3-5-15(21)16(14)20/h3-5,9,12-13H,2,6-8,10H2,1H3,(H,26,28)/b11-9+,27-18?. The van der Waals surface area contributed by atoms with Gasteiger partial charge in [-0.1, -0.05) is 36.1 Å². The monoisotopic (exact) mass is 417 g/mol. The Morgan fingerprint density at radius 1 is 1.43 bits per heavy atom. The van der Waals surface area contributed by atoms with Crippen LogP contribution in [0.15, 0.2) is 40.0 Å². The third-order valence-electron chi connectivity index (χ3n) is 4.46. The first-order valence-corrected chi connectivity index (χ1v) is 9.01. The van der Waals surface area contributed by atoms with E-state index in [1.54, 1.807) is 6.92 Å². The Bertz CT molecular complexity index is 801. The van der Waals surface area contributed by atoms with E-state index in [1.807, 2.05) is 0 Å². The van der Waals surface area contributed by atoms with Crippen LogP contribution < -0.4 is 5.32 Å². The molecule has 1 aromatic carbocycles. The maximum Gasteiger partial charge on any atom is 0.451 e. The third kappa shape index (κ3) is 6.15. The molecule has 2 rings (SSSR count). The number of amidine groups is 1. The van der Waals surface area contributed by atoms with Gasteiger partial charge in [0.2, 0.25) is 5.84 Å². The van der Waals surface area contributed by atoms with E-state index in [0.29, 0.717) is 17.9 Å². The van der Waals surface area contributed by atoms with Gasteiger partial charge in [-0.2, -0.15) is 13.2 Å². The second-order valence-corrected chi connectivity index (χ2v) is 7.05. The molecule has 9 heteroatoms. The molecule has 1 atom stereocenters. The Hall–Kier alpha value is -2.22. The summed E-state index contributed by atoms with van der Waals surface area (Å²) in [4.78, 5) is 18.6. The molecule has 1 aromatic rings. The van der Waals surface area contributed by atoms with E-state index < -0.39 is 23.7 Å². The van der Waals surface area contributed by atoms with E-state index in [1.165, 1.54) is 12.1 Å². The lowest BCUT2D eigenvalue weighted by Gasteiger charge is -2.18. The number of halogens is 5. The molecular formula is C19H20ClF4N3O. The second kappa shape index (κ2) is 9.32. The van der Waals surface area contributed by atoms with Crippen LogP contribution in [0.3, 0.4) is 0 Å². The topological polar surface area (TPSA) is 53.8 Å². The lowest BCUT2D eigenvalue weighted by molar-refractivity contribution is -0.0596. The zero-order chi connectivity index (χ0) is 20.9. The number of rotatable bonds is 7. The Morgan fingerprint density at radius 3 is 2.68 bits per heavy atom. The van der Waals surface area contributed by atoms with Crippen LogP contribution in [0.2, 0.25) is 5.02 Å². The van der Waals surface area contributed by atoms with Crippen molar-refractivity contribution in [1.82, 2.24) is 5.32 Å². The van der Waals surface area contributed by atoms with Crippen molar-refractivity contribution in [1.29, 1.82) is 0 Å². The number of nitrogens with zero attached hydrogens (tertiary/aromatic N) is 2. The molecule has 1 amide bonds. The Kier molecular flexibility index (Phi) is 7.35. The summed E-state index contributed by atoms with van der Waals surface area (Å²) in [6.07, 6.45) is -0.798. The predicted octanol–water partition coefficient (Wildman–Crippen LogP) is 5.19. The fraction of sp³-hybridized carbons (Fsp3) is 0.421. The molecule has 1 N–H and O–H groups in total. The minimum absolute atomic E-state index is 0.00158. The first kappa shape index (κ1) is 22.1. The predicted molar refractivity (Wildman–Crippen MR) is 101 cm³/mol. The fourth-order valence-electron chi connectivity index (χ4n) is 2.65. The van der Waals surface area contributed by atoms with E-state index in [4.69, 9.17) is 11.6 Å². The number of hydrogen-bond acceptors (Lipinski definition) is 2. The lowest BCUT2D eigenvalue weighted by Crippen LogP contribution is -2.30. The smallest absolute Gasteiger partial charge is 0.351 e. The van der Waals surface area contributed by atoms with Gasteiger partial charge >= 0.3 is 6.18 Å². The van der Waals surface area contributed by atoms with Crippen molar-refractivity contribution in [3.8, 4) is 0 Å². The fourth-order valence-corrected chi connectivity index (χ4v) is 2.86. The van der Waals surface area contributed by atoms with Gasteiger partial charge in [-0.05, 0) is 44.0 Å². The molecular weight excluding hydrogens is 398 g/mol. The van der Waals surface area contributed by atoms with Crippen LogP contribution >= 0.6 is 11.6 Å². The van der Waals surface area contributed by atoms with Crippen LogP contribution in [0.1, 0.15) is 36.5 Å². The van der Waals surface area contributed by atoms with Crippen LogP contribution in [-0.2, 0) is 0 Å². The molecule has 0 aromatic heterocycles. The molecule has 152 valence electrons. The van der Waals surface area contributed by atoms with E-state index in [9.17, 15) is 22.4 Å². The van der Waals surface area contributed by atoms with Gasteiger partial charge in [0.25, 0.3) is 5.91 Å². The molecule has 0 aliphatic heterocycles. The number of carbonyl (C=O) groups is 1. The Balaban J connectivity index is 2.11. The van der Waals surface area contributed by atoms with Crippen LogP contribution in [0.25, 0.3) is 0 Å². The maximum absolute atomic E-state index is 13.5. The van der Waals surface area contributed by atoms with Gasteiger partial charge in [-0.15, -0.1) is 0 Å². The molecule has 0 spiro atoms. The van der Waals surface area contributed by atoms with Crippen molar-refractivity contribution < 1.29 is 22.4 Å². The highest BCUT2D eigenvalue weighted by Crippen LogP contribution is 2.37. The summed E-state index contributed by atoms with van der Waals surface area (Å²) < 4.78 is 51.6. The average Bonchev–Trinajstić information content (AvgIpc) is 3.44. The largest absolute Gasteiger partial charge is 0.451 e. The van der Waals surface area contributed by atoms with Crippen molar-refractivity contribution in [2.45, 2.75) is 32.4 Å². The summed E-state index contributed by atoms with van der Waals surface area (Å²) in [6, 6.07) is 3.92. The van der Waals surface area contributed by atoms with Crippen molar-refractivity contribution in [3.63, 3.8) is 0 Å². The van der Waals surface area contributed by atoms with Crippen molar-refractivity contribution in [3.05, 3.63) is 46.4 Å². The zero-order valence-electron chi connectivity index (χ0n) is 15.2. The zero-order valence-corrected chi connectivity index (χ0v) is 15.9. The number of benzene rings is 1. The summed E-state index contributed by atoms with van der Waals surface area (Å²) in [5.74, 6) is -2.33. The molecule has 1 fully saturated rings. The van der Waals surface area contributed by atoms with Gasteiger partial charge in [0.1, 0.15) is 5.82 Å². The van der Waals surface area contributed by atoms with Gasteiger partial charge in [0, 0.05) is 12.7 Å². The molecule has 4 nitrogen and oxygen atoms in total. The Morgan fingerprint density at radius 2 is 2.11 bits per heavy atom. The molecule has 0 radical (unpaired) electrons. The normalized spacial score (nSPS) is 16.6. The molecule has 1 unspecified atom stereocenters. The number of hydrogen-bond donors (Lipinski definition) is 1. The van der Waals surface area contributed by atoms with Crippen molar-refractivity contribution in [2.75, 3.05) is 6.54 Å². The number of nitrogens with one attached hydrogen (secondary N) is 1. The molecule has 1 aliphatic rings. The number of amides is 1. The quantitative estimate of drug-likeness (QED) is 0.370. The third-order valence-corrected chi connectivity index (χ3v) is 4.84. The summed E-state index contributed by atoms with van der Waals surface area (Å²) in [5.41, 5.74) is 0.574. The Labute approximate surface area is 165 Å². The molecule has 0 saturated heterocycles. The van der Waals surface area contributed by atoms with E-state index in [-0.39, 0.29) is 23.0 Å². The molecule has 28 heavy (non-hydrogen) atoms. The van der Waals surface area contributed by atoms with Crippen LogP contribution in [-0.4, -0.2) is 31.2 Å². The molecule has 1 saturated carbocycles. The molecule has 0 heterocycles. The van der Waals surface area contributed by atoms with Crippen LogP contribution in [0.5, 0.6) is 0 Å². The molecule has 1 aliphatic carbocycles. The van der Waals surface area contributed by atoms with Crippen LogP contribution in [0, 0.1) is 17.7 Å². The van der Waals surface area contributed by atoms with E-state index in [0.717, 1.165) is 25.1 Å². The van der Waals surface area contributed by atoms with Gasteiger partial charge < -0.3 is 5.32 Å². The second-order valence-electron chi connectivity index (χ2n) is 6.67. The average molecular weight is 418 g/mol. The highest BCUT2D eigenvalue weighted by atomic mass is 35.5. The van der Waals surface area contributed by atoms with E-state index >= 15 is 0 Å². The highest BCUT2D eigenvalue weighted by Gasteiger charge is 2.35. The minimum Gasteiger partial charge on any atom is -0.351 e. The summed E-state index contributed by atoms with van der Waals surface area (Å²) in [5, 5.41) is 2.40. The maximum atomic E-state index is 13.5. The van der Waals surface area contributed by atoms with E-state index in [2.05, 4.69) is 22.0 Å². The number of carbonyl (C=O) groups excluding carboxylic acids is 1. The van der Waals surface area contributed by atoms with Gasteiger partial charge in [0.15, 0.2) is 0 Å². The summed E-state index contributed by atoms with van der Waals surface area (Å²) in [7, 11) is 0. The number of aliphatic imine (C=N–C) groups is 2. The van der Waals surface area contributed by atoms with Gasteiger partial charge in [-0.3, -0.25) is 4.79 Å². The SMILES string of the molecule is C=NC(=N/C=C(\C)C(CNC(=O)c1cccc(F)c1Cl)CC1CC1)C(F)(F)F. The van der Waals surface area contributed by atoms with Gasteiger partial charge in [-0.25, -0.2) is 14.4 Å². The first-order valence-electron chi connectivity index (χ1n) is 8.64. The number of alkyl halides is 3. The first-order chi connectivity index (χ1) is 13.1. The lowest BCUT2D eigenvalue weighted by atomic mass is 9.94. The minimum atomic E-state index is -4.69. The van der Waals surface area contributed by atoms with Crippen molar-refractivity contribution in [2.24, 2.45) is 21.8 Å². The molecule has 0 bridgehead atoms. The summed E-state index contributed by atoms with van der Waals surface area (Å²) in [6.45, 7) is 4.70. The van der Waals surface area contributed by atoms with Crippen LogP contribution in [0.4, 0.5) is 17.6 Å². The highest BCUT2D eigenvalue weighted by molar-refractivity contribution is 6.34. The summed E-state index contributed by atoms with van der Waals surface area (Å²) >= 11 is 5.82. The van der Waals surface area contributed by atoms with Crippen molar-refractivity contribution >= 4 is 30.1 Å².